The van der Waals surface area contributed by atoms with Crippen molar-refractivity contribution >= 4 is 29.2 Å². The van der Waals surface area contributed by atoms with Gasteiger partial charge in [-0.05, 0) is 31.0 Å². The molecule has 110 valence electrons. The van der Waals surface area contributed by atoms with E-state index in [1.54, 1.807) is 6.07 Å². The Kier molecular flexibility index (Phi) is 5.98. The van der Waals surface area contributed by atoms with Gasteiger partial charge in [0.15, 0.2) is 0 Å². The number of carbonyl (C=O) groups is 2. The number of benzene rings is 1. The average molecular weight is 300 g/mol. The number of aryl methyl sites for hydroxylation is 2. The van der Waals surface area contributed by atoms with Crippen LogP contribution in [-0.4, -0.2) is 37.2 Å². The van der Waals surface area contributed by atoms with Gasteiger partial charge in [0.2, 0.25) is 0 Å². The molecule has 6 heteroatoms. The lowest BCUT2D eigenvalue weighted by Gasteiger charge is -2.25. The second kappa shape index (κ2) is 7.26. The van der Waals surface area contributed by atoms with E-state index < -0.39 is 5.97 Å². The number of hydrogen-bond acceptors (Lipinski definition) is 3. The van der Waals surface area contributed by atoms with Crippen molar-refractivity contribution in [2.75, 3.05) is 25.2 Å². The number of rotatable bonds is 6. The molecule has 0 fully saturated rings. The Hall–Kier alpha value is -1.59. The van der Waals surface area contributed by atoms with Gasteiger partial charge in [0.1, 0.15) is 6.61 Å². The van der Waals surface area contributed by atoms with Gasteiger partial charge in [-0.25, -0.2) is 0 Å². The number of carboxylic acids is 1. The second-order valence-corrected chi connectivity index (χ2v) is 4.94. The summed E-state index contributed by atoms with van der Waals surface area (Å²) in [7, 11) is 1.41. The summed E-state index contributed by atoms with van der Waals surface area (Å²) < 4.78 is 4.83. The van der Waals surface area contributed by atoms with Crippen LogP contribution in [0.15, 0.2) is 12.1 Å². The van der Waals surface area contributed by atoms with E-state index in [2.05, 4.69) is 0 Å². The fraction of sp³-hybridized carbons (Fsp3) is 0.429. The van der Waals surface area contributed by atoms with Crippen molar-refractivity contribution in [1.82, 2.24) is 0 Å². The number of methoxy groups -OCH3 is 1. The first-order valence-corrected chi connectivity index (χ1v) is 6.52. The SMILES string of the molecule is COCC(=O)N(CCC(=O)O)c1c(C)cc(C)cc1Cl. The number of nitrogens with zero attached hydrogens (tertiary/aromatic N) is 1. The summed E-state index contributed by atoms with van der Waals surface area (Å²) in [6.07, 6.45) is -0.154. The van der Waals surface area contributed by atoms with Gasteiger partial charge in [-0.3, -0.25) is 9.59 Å². The van der Waals surface area contributed by atoms with Crippen molar-refractivity contribution in [2.24, 2.45) is 0 Å². The highest BCUT2D eigenvalue weighted by atomic mass is 35.5. The van der Waals surface area contributed by atoms with E-state index >= 15 is 0 Å². The molecule has 0 saturated heterocycles. The quantitative estimate of drug-likeness (QED) is 0.876. The Morgan fingerprint density at radius 1 is 1.35 bits per heavy atom. The standard InChI is InChI=1S/C14H18ClNO4/c1-9-6-10(2)14(11(15)7-9)16(5-4-13(18)19)12(17)8-20-3/h6-7H,4-5,8H2,1-3H3,(H,18,19). The number of carboxylic acid groups (broad SMARTS) is 1. The Morgan fingerprint density at radius 3 is 2.50 bits per heavy atom. The zero-order valence-corrected chi connectivity index (χ0v) is 12.5. The molecule has 0 spiro atoms. The average Bonchev–Trinajstić information content (AvgIpc) is 2.31. The van der Waals surface area contributed by atoms with Gasteiger partial charge < -0.3 is 14.7 Å². The van der Waals surface area contributed by atoms with Gasteiger partial charge in [0.05, 0.1) is 17.1 Å². The molecule has 1 rings (SSSR count). The molecule has 0 aliphatic carbocycles. The van der Waals surface area contributed by atoms with E-state index in [0.717, 1.165) is 11.1 Å². The summed E-state index contributed by atoms with van der Waals surface area (Å²) in [4.78, 5) is 24.2. The third-order valence-corrected chi connectivity index (χ3v) is 3.07. The molecular weight excluding hydrogens is 282 g/mol. The van der Waals surface area contributed by atoms with Gasteiger partial charge in [0, 0.05) is 13.7 Å². The molecule has 0 heterocycles. The predicted molar refractivity (Wildman–Crippen MR) is 77.4 cm³/mol. The number of hydrogen-bond donors (Lipinski definition) is 1. The number of amides is 1. The summed E-state index contributed by atoms with van der Waals surface area (Å²) in [6.45, 7) is 3.67. The van der Waals surface area contributed by atoms with Crippen molar-refractivity contribution < 1.29 is 19.4 Å². The van der Waals surface area contributed by atoms with Crippen molar-refractivity contribution in [1.29, 1.82) is 0 Å². The van der Waals surface area contributed by atoms with E-state index in [1.165, 1.54) is 12.0 Å². The largest absolute Gasteiger partial charge is 0.481 e. The number of halogens is 1. The molecule has 1 aromatic rings. The molecule has 0 atom stereocenters. The van der Waals surface area contributed by atoms with E-state index in [-0.39, 0.29) is 25.5 Å². The Balaban J connectivity index is 3.15. The summed E-state index contributed by atoms with van der Waals surface area (Å²) in [5, 5.41) is 9.23. The fourth-order valence-electron chi connectivity index (χ4n) is 2.02. The Labute approximate surface area is 123 Å². The van der Waals surface area contributed by atoms with Crippen LogP contribution in [0.1, 0.15) is 17.5 Å². The maximum Gasteiger partial charge on any atom is 0.305 e. The molecule has 1 amide bonds. The zero-order chi connectivity index (χ0) is 15.3. The molecule has 0 radical (unpaired) electrons. The molecular formula is C14H18ClNO4. The van der Waals surface area contributed by atoms with Crippen LogP contribution in [0.3, 0.4) is 0 Å². The van der Waals surface area contributed by atoms with Crippen molar-refractivity contribution in [3.8, 4) is 0 Å². The highest BCUT2D eigenvalue weighted by Crippen LogP contribution is 2.31. The molecule has 0 bridgehead atoms. The third kappa shape index (κ3) is 4.21. The van der Waals surface area contributed by atoms with Gasteiger partial charge in [-0.2, -0.15) is 0 Å². The van der Waals surface area contributed by atoms with Gasteiger partial charge in [-0.15, -0.1) is 0 Å². The van der Waals surface area contributed by atoms with Crippen LogP contribution < -0.4 is 4.90 Å². The van der Waals surface area contributed by atoms with E-state index in [1.807, 2.05) is 19.9 Å². The predicted octanol–water partition coefficient (Wildman–Crippen LogP) is 2.41. The number of ether oxygens (including phenoxy) is 1. The summed E-state index contributed by atoms with van der Waals surface area (Å²) in [5.74, 6) is -1.29. The number of carbonyl (C=O) groups excluding carboxylic acids is 1. The molecule has 0 aliphatic rings. The summed E-state index contributed by atoms with van der Waals surface area (Å²) in [6, 6.07) is 3.65. The molecule has 0 unspecified atom stereocenters. The summed E-state index contributed by atoms with van der Waals surface area (Å²) in [5.41, 5.74) is 2.35. The van der Waals surface area contributed by atoms with Crippen LogP contribution in [0.4, 0.5) is 5.69 Å². The number of aliphatic carboxylic acids is 1. The molecule has 0 saturated carbocycles. The minimum atomic E-state index is -0.971. The van der Waals surface area contributed by atoms with Gasteiger partial charge >= 0.3 is 5.97 Å². The lowest BCUT2D eigenvalue weighted by molar-refractivity contribution is -0.136. The lowest BCUT2D eigenvalue weighted by atomic mass is 10.1. The lowest BCUT2D eigenvalue weighted by Crippen LogP contribution is -2.36. The van der Waals surface area contributed by atoms with Crippen LogP contribution in [-0.2, 0) is 14.3 Å². The highest BCUT2D eigenvalue weighted by molar-refractivity contribution is 6.34. The number of anilines is 1. The van der Waals surface area contributed by atoms with E-state index in [0.29, 0.717) is 10.7 Å². The molecule has 5 nitrogen and oxygen atoms in total. The second-order valence-electron chi connectivity index (χ2n) is 4.53. The molecule has 1 N–H and O–H groups in total. The smallest absolute Gasteiger partial charge is 0.305 e. The normalized spacial score (nSPS) is 10.4. The van der Waals surface area contributed by atoms with Crippen molar-refractivity contribution in [3.05, 3.63) is 28.3 Å². The topological polar surface area (TPSA) is 66.8 Å². The first kappa shape index (κ1) is 16.5. The third-order valence-electron chi connectivity index (χ3n) is 2.79. The minimum absolute atomic E-state index is 0.0567. The van der Waals surface area contributed by atoms with Crippen LogP contribution >= 0.6 is 11.6 Å². The summed E-state index contributed by atoms with van der Waals surface area (Å²) >= 11 is 6.21. The van der Waals surface area contributed by atoms with E-state index in [9.17, 15) is 9.59 Å². The van der Waals surface area contributed by atoms with Crippen LogP contribution in [0.2, 0.25) is 5.02 Å². The minimum Gasteiger partial charge on any atom is -0.481 e. The highest BCUT2D eigenvalue weighted by Gasteiger charge is 2.21. The maximum absolute atomic E-state index is 12.1. The first-order valence-electron chi connectivity index (χ1n) is 6.14. The van der Waals surface area contributed by atoms with Crippen molar-refractivity contribution in [3.63, 3.8) is 0 Å². The first-order chi connectivity index (χ1) is 9.36. The molecule has 0 aliphatic heterocycles. The van der Waals surface area contributed by atoms with Gasteiger partial charge in [-0.1, -0.05) is 17.7 Å². The Bertz CT molecular complexity index is 493. The van der Waals surface area contributed by atoms with Crippen LogP contribution in [0, 0.1) is 13.8 Å². The van der Waals surface area contributed by atoms with Crippen molar-refractivity contribution in [2.45, 2.75) is 20.3 Å². The van der Waals surface area contributed by atoms with E-state index in [4.69, 9.17) is 21.4 Å². The Morgan fingerprint density at radius 2 is 2.00 bits per heavy atom. The fourth-order valence-corrected chi connectivity index (χ4v) is 2.44. The monoisotopic (exact) mass is 299 g/mol. The molecule has 0 aromatic heterocycles. The molecule has 1 aromatic carbocycles. The van der Waals surface area contributed by atoms with Crippen LogP contribution in [0.5, 0.6) is 0 Å². The molecule has 20 heavy (non-hydrogen) atoms. The van der Waals surface area contributed by atoms with Crippen LogP contribution in [0.25, 0.3) is 0 Å². The van der Waals surface area contributed by atoms with Gasteiger partial charge in [0.25, 0.3) is 5.91 Å². The maximum atomic E-state index is 12.1. The zero-order valence-electron chi connectivity index (χ0n) is 11.8.